The van der Waals surface area contributed by atoms with Crippen molar-refractivity contribution in [3.63, 3.8) is 0 Å². The fraction of sp³-hybridized carbons (Fsp3) is 0.737. The zero-order valence-electron chi connectivity index (χ0n) is 28.6. The summed E-state index contributed by atoms with van der Waals surface area (Å²) in [7, 11) is 0. The second kappa shape index (κ2) is 11.4. The average Bonchev–Trinajstić information content (AvgIpc) is 3.82. The Morgan fingerprint density at radius 3 is 2.11 bits per heavy atom. The highest BCUT2D eigenvalue weighted by Crippen LogP contribution is 2.66. The number of allylic oxidation sites excluding steroid dienone is 4. The number of Topliss-reactive ketones (excluding diaryl/α,β-unsaturated/α-hetero) is 2. The molecule has 4 heterocycles. The van der Waals surface area contributed by atoms with Gasteiger partial charge in [0.05, 0.1) is 5.70 Å². The number of hydrogen-bond acceptors (Lipinski definition) is 8. The minimum Gasteiger partial charge on any atom is -0.365 e. The highest BCUT2D eigenvalue weighted by Gasteiger charge is 2.60. The number of fused-ring (bicyclic) bond motifs is 5. The third kappa shape index (κ3) is 4.82. The van der Waals surface area contributed by atoms with Crippen molar-refractivity contribution in [2.45, 2.75) is 85.5 Å². The van der Waals surface area contributed by atoms with Crippen molar-refractivity contribution in [3.05, 3.63) is 29.5 Å². The monoisotopic (exact) mass is 626 g/mol. The number of aromatic nitrogens is 2. The van der Waals surface area contributed by atoms with Gasteiger partial charge in [0.1, 0.15) is 17.4 Å². The van der Waals surface area contributed by atoms with Gasteiger partial charge in [-0.3, -0.25) is 9.59 Å². The molecule has 0 radical (unpaired) electrons. The number of anilines is 3. The maximum atomic E-state index is 13.8. The van der Waals surface area contributed by atoms with Crippen LogP contribution in [0.15, 0.2) is 29.5 Å². The number of rotatable bonds is 5. The third-order valence-electron chi connectivity index (χ3n) is 13.7. The van der Waals surface area contributed by atoms with Crippen LogP contribution in [0.3, 0.4) is 0 Å². The van der Waals surface area contributed by atoms with Gasteiger partial charge in [-0.1, -0.05) is 32.4 Å². The predicted molar refractivity (Wildman–Crippen MR) is 183 cm³/mol. The highest BCUT2D eigenvalue weighted by molar-refractivity contribution is 5.96. The van der Waals surface area contributed by atoms with Crippen molar-refractivity contribution in [1.29, 1.82) is 0 Å². The van der Waals surface area contributed by atoms with Crippen molar-refractivity contribution in [2.24, 2.45) is 40.4 Å². The van der Waals surface area contributed by atoms with Crippen LogP contribution in [0.5, 0.6) is 0 Å². The van der Waals surface area contributed by atoms with Gasteiger partial charge in [0.25, 0.3) is 0 Å². The lowest BCUT2D eigenvalue weighted by Crippen LogP contribution is -2.51. The number of ketones is 2. The molecule has 7 atom stereocenters. The first-order valence-corrected chi connectivity index (χ1v) is 18.5. The Balaban J connectivity index is 1.03. The summed E-state index contributed by atoms with van der Waals surface area (Å²) in [5.41, 5.74) is 2.52. The van der Waals surface area contributed by atoms with Crippen LogP contribution < -0.4 is 14.7 Å². The Kier molecular flexibility index (Phi) is 7.52. The molecule has 0 bridgehead atoms. The highest BCUT2D eigenvalue weighted by atomic mass is 16.1. The van der Waals surface area contributed by atoms with E-state index < -0.39 is 0 Å². The van der Waals surface area contributed by atoms with Crippen molar-refractivity contribution in [3.8, 4) is 0 Å². The van der Waals surface area contributed by atoms with Gasteiger partial charge in [0.2, 0.25) is 5.95 Å². The standard InChI is InChI=1S/C38H54N6O2/c1-25-21-30-28-10-9-27-22-32(46)31(24-38(27,4)29(28)11-12-37(30,3)35(25)26(2)45)41-17-19-43(20-18-41)34-23-33(42-13-5-6-14-42)39-36(40-34)44-15-7-8-16-44/h11,23-25,27-28,30,35H,5-10,12-22H2,1-4H3/t25-,27+,28-,30+,35-,37+,38+/m1/s1. The van der Waals surface area contributed by atoms with E-state index in [0.29, 0.717) is 41.7 Å². The van der Waals surface area contributed by atoms with Gasteiger partial charge in [-0.05, 0) is 93.5 Å². The van der Waals surface area contributed by atoms with Crippen molar-refractivity contribution < 1.29 is 9.59 Å². The molecule has 0 aromatic carbocycles. The number of nitrogens with zero attached hydrogens (tertiary/aromatic N) is 6. The van der Waals surface area contributed by atoms with E-state index in [1.54, 1.807) is 5.57 Å². The van der Waals surface area contributed by atoms with Gasteiger partial charge in [-0.25, -0.2) is 0 Å². The fourth-order valence-electron chi connectivity index (χ4n) is 11.4. The second-order valence-electron chi connectivity index (χ2n) is 16.3. The maximum Gasteiger partial charge on any atom is 0.229 e. The molecule has 248 valence electrons. The Morgan fingerprint density at radius 2 is 1.46 bits per heavy atom. The number of piperazine rings is 1. The van der Waals surface area contributed by atoms with Crippen LogP contribution in [0, 0.1) is 40.4 Å². The minimum atomic E-state index is -0.0793. The molecule has 1 aromatic rings. The summed E-state index contributed by atoms with van der Waals surface area (Å²) in [6.07, 6.45) is 14.9. The van der Waals surface area contributed by atoms with Crippen LogP contribution >= 0.6 is 0 Å². The van der Waals surface area contributed by atoms with E-state index in [1.807, 2.05) is 6.92 Å². The lowest BCUT2D eigenvalue weighted by Gasteiger charge is -2.55. The molecule has 8 nitrogen and oxygen atoms in total. The van der Waals surface area contributed by atoms with Crippen LogP contribution in [0.25, 0.3) is 0 Å². The molecule has 0 unspecified atom stereocenters. The van der Waals surface area contributed by atoms with E-state index in [4.69, 9.17) is 9.97 Å². The zero-order chi connectivity index (χ0) is 31.8. The summed E-state index contributed by atoms with van der Waals surface area (Å²) >= 11 is 0. The first kappa shape index (κ1) is 30.4. The summed E-state index contributed by atoms with van der Waals surface area (Å²) in [5, 5.41) is 0. The van der Waals surface area contributed by atoms with Gasteiger partial charge in [-0.15, -0.1) is 0 Å². The van der Waals surface area contributed by atoms with E-state index in [1.165, 1.54) is 25.7 Å². The van der Waals surface area contributed by atoms with E-state index in [-0.39, 0.29) is 16.7 Å². The van der Waals surface area contributed by atoms with E-state index >= 15 is 0 Å². The predicted octanol–water partition coefficient (Wildman–Crippen LogP) is 5.89. The molecule has 7 aliphatic rings. The molecule has 46 heavy (non-hydrogen) atoms. The zero-order valence-corrected chi connectivity index (χ0v) is 28.6. The van der Waals surface area contributed by atoms with Crippen molar-refractivity contribution in [1.82, 2.24) is 14.9 Å². The number of hydrogen-bond donors (Lipinski definition) is 0. The first-order valence-electron chi connectivity index (χ1n) is 18.5. The van der Waals surface area contributed by atoms with Crippen LogP contribution in [0.1, 0.15) is 85.5 Å². The quantitative estimate of drug-likeness (QED) is 0.375. The molecule has 8 heteroatoms. The Hall–Kier alpha value is -2.90. The van der Waals surface area contributed by atoms with E-state index in [9.17, 15) is 9.59 Å². The topological polar surface area (TPSA) is 72.9 Å². The summed E-state index contributed by atoms with van der Waals surface area (Å²) < 4.78 is 0. The summed E-state index contributed by atoms with van der Waals surface area (Å²) in [6, 6.07) is 2.21. The second-order valence-corrected chi connectivity index (χ2v) is 16.3. The molecule has 5 fully saturated rings. The molecule has 0 N–H and O–H groups in total. The number of carbonyl (C=O) groups excluding carboxylic acids is 2. The van der Waals surface area contributed by atoms with Crippen LogP contribution in [0.4, 0.5) is 17.6 Å². The normalized spacial score (nSPS) is 37.6. The van der Waals surface area contributed by atoms with Crippen molar-refractivity contribution in [2.75, 3.05) is 67.1 Å². The lowest BCUT2D eigenvalue weighted by atomic mass is 9.50. The average molecular weight is 627 g/mol. The molecule has 0 spiro atoms. The summed E-state index contributed by atoms with van der Waals surface area (Å²) in [5.74, 6) is 5.81. The van der Waals surface area contributed by atoms with Gasteiger partial charge < -0.3 is 19.6 Å². The van der Waals surface area contributed by atoms with Gasteiger partial charge in [0, 0.05) is 76.2 Å². The Bertz CT molecular complexity index is 1420. The molecule has 1 aromatic heterocycles. The van der Waals surface area contributed by atoms with Gasteiger partial charge in [-0.2, -0.15) is 9.97 Å². The van der Waals surface area contributed by atoms with Crippen LogP contribution in [-0.2, 0) is 9.59 Å². The molecule has 0 amide bonds. The number of carbonyl (C=O) groups is 2. The molecule has 8 rings (SSSR count). The maximum absolute atomic E-state index is 13.8. The summed E-state index contributed by atoms with van der Waals surface area (Å²) in [6.45, 7) is 16.6. The SMILES string of the molecule is CC(=O)[C@H]1[C@H](C)C[C@H]2[C@@H]3CC[C@H]4CC(=O)C(N5CCN(c6cc(N7CCCC7)nc(N7CCCC7)n6)CC5)=C[C@]4(C)C3=CC[C@@]21C. The van der Waals surface area contributed by atoms with Crippen LogP contribution in [-0.4, -0.2) is 78.8 Å². The fourth-order valence-corrected chi connectivity index (χ4v) is 11.4. The van der Waals surface area contributed by atoms with Crippen molar-refractivity contribution >= 4 is 29.2 Å². The third-order valence-corrected chi connectivity index (χ3v) is 13.7. The van der Waals surface area contributed by atoms with Crippen LogP contribution in [0.2, 0.25) is 0 Å². The van der Waals surface area contributed by atoms with E-state index in [0.717, 1.165) is 101 Å². The lowest BCUT2D eigenvalue weighted by molar-refractivity contribution is -0.126. The molecular weight excluding hydrogens is 572 g/mol. The Labute approximate surface area is 275 Å². The minimum absolute atomic E-state index is 0.0697. The summed E-state index contributed by atoms with van der Waals surface area (Å²) in [4.78, 5) is 46.3. The molecular formula is C38H54N6O2. The first-order chi connectivity index (χ1) is 22.2. The molecule has 3 saturated heterocycles. The smallest absolute Gasteiger partial charge is 0.229 e. The largest absolute Gasteiger partial charge is 0.365 e. The molecule has 2 saturated carbocycles. The molecule has 4 aliphatic carbocycles. The van der Waals surface area contributed by atoms with Gasteiger partial charge >= 0.3 is 0 Å². The Morgan fingerprint density at radius 1 is 0.848 bits per heavy atom. The molecule has 3 aliphatic heterocycles. The van der Waals surface area contributed by atoms with Gasteiger partial charge in [0.15, 0.2) is 5.78 Å². The van der Waals surface area contributed by atoms with E-state index in [2.05, 4.69) is 58.6 Å².